The quantitative estimate of drug-likeness (QED) is 0.377. The van der Waals surface area contributed by atoms with Crippen molar-refractivity contribution in [1.29, 1.82) is 0 Å². The van der Waals surface area contributed by atoms with Crippen LogP contribution in [0, 0.1) is 15.9 Å². The molecule has 0 bridgehead atoms. The van der Waals surface area contributed by atoms with Gasteiger partial charge in [0.05, 0.1) is 4.92 Å². The molecule has 1 aliphatic rings. The van der Waals surface area contributed by atoms with Gasteiger partial charge in [0.25, 0.3) is 5.69 Å². The lowest BCUT2D eigenvalue weighted by atomic mass is 10.2. The van der Waals surface area contributed by atoms with E-state index in [1.54, 1.807) is 6.07 Å². The number of benzene rings is 2. The molecule has 1 aliphatic heterocycles. The van der Waals surface area contributed by atoms with E-state index in [1.807, 2.05) is 0 Å². The van der Waals surface area contributed by atoms with Gasteiger partial charge in [0.1, 0.15) is 5.82 Å². The summed E-state index contributed by atoms with van der Waals surface area (Å²) in [5, 5.41) is 10.8. The van der Waals surface area contributed by atoms with Crippen LogP contribution in [0.2, 0.25) is 0 Å². The van der Waals surface area contributed by atoms with Gasteiger partial charge in [0.15, 0.2) is 5.70 Å². The van der Waals surface area contributed by atoms with Gasteiger partial charge in [0, 0.05) is 23.3 Å². The van der Waals surface area contributed by atoms with Crippen molar-refractivity contribution in [2.45, 2.75) is 0 Å². The number of nitrogens with zero attached hydrogens (tertiary/aromatic N) is 2. The molecule has 2 aromatic rings. The minimum atomic E-state index is -0.741. The molecule has 0 N–H and O–H groups in total. The molecule has 114 valence electrons. The Balaban J connectivity index is 1.97. The van der Waals surface area contributed by atoms with Gasteiger partial charge in [-0.1, -0.05) is 24.3 Å². The molecule has 2 aromatic carbocycles. The number of ether oxygens (including phenoxy) is 1. The lowest BCUT2D eigenvalue weighted by Crippen LogP contribution is -2.05. The van der Waals surface area contributed by atoms with Crippen LogP contribution in [0.1, 0.15) is 11.1 Å². The van der Waals surface area contributed by atoms with Crippen LogP contribution in [-0.4, -0.2) is 16.8 Å². The van der Waals surface area contributed by atoms with Crippen molar-refractivity contribution in [3.8, 4) is 0 Å². The molecule has 6 nitrogen and oxygen atoms in total. The minimum absolute atomic E-state index is 0.0544. The zero-order valence-electron chi connectivity index (χ0n) is 11.6. The van der Waals surface area contributed by atoms with Crippen LogP contribution in [0.3, 0.4) is 0 Å². The van der Waals surface area contributed by atoms with E-state index in [4.69, 9.17) is 4.74 Å². The fourth-order valence-electron chi connectivity index (χ4n) is 2.02. The summed E-state index contributed by atoms with van der Waals surface area (Å²) in [7, 11) is 0. The lowest BCUT2D eigenvalue weighted by Gasteiger charge is -1.98. The number of cyclic esters (lactones) is 1. The molecule has 0 radical (unpaired) electrons. The Labute approximate surface area is 129 Å². The van der Waals surface area contributed by atoms with Gasteiger partial charge >= 0.3 is 5.97 Å². The number of carbonyl (C=O) groups is 1. The van der Waals surface area contributed by atoms with Gasteiger partial charge in [-0.3, -0.25) is 10.1 Å². The Hall–Kier alpha value is -3.35. The molecule has 0 unspecified atom stereocenters. The fraction of sp³-hybridized carbons (Fsp3) is 0. The zero-order valence-corrected chi connectivity index (χ0v) is 11.6. The molecular weight excluding hydrogens is 303 g/mol. The maximum Gasteiger partial charge on any atom is 0.363 e. The fourth-order valence-corrected chi connectivity index (χ4v) is 2.02. The van der Waals surface area contributed by atoms with Gasteiger partial charge in [-0.25, -0.2) is 14.2 Å². The average Bonchev–Trinajstić information content (AvgIpc) is 2.91. The Kier molecular flexibility index (Phi) is 3.68. The predicted octanol–water partition coefficient (Wildman–Crippen LogP) is 3.08. The second-order valence-electron chi connectivity index (χ2n) is 4.67. The molecule has 23 heavy (non-hydrogen) atoms. The molecule has 0 fully saturated rings. The van der Waals surface area contributed by atoms with Gasteiger partial charge in [0.2, 0.25) is 5.90 Å². The van der Waals surface area contributed by atoms with Crippen molar-refractivity contribution >= 4 is 23.6 Å². The molecule has 0 atom stereocenters. The molecule has 0 amide bonds. The first-order valence-corrected chi connectivity index (χ1v) is 6.56. The van der Waals surface area contributed by atoms with E-state index in [-0.39, 0.29) is 22.8 Å². The van der Waals surface area contributed by atoms with E-state index in [9.17, 15) is 19.3 Å². The highest BCUT2D eigenvalue weighted by atomic mass is 19.1. The smallest absolute Gasteiger partial charge is 0.363 e. The molecule has 3 rings (SSSR count). The number of nitro groups is 1. The summed E-state index contributed by atoms with van der Waals surface area (Å²) in [4.78, 5) is 26.0. The number of hydrogen-bond acceptors (Lipinski definition) is 5. The van der Waals surface area contributed by atoms with E-state index in [2.05, 4.69) is 4.99 Å². The highest BCUT2D eigenvalue weighted by Gasteiger charge is 2.25. The van der Waals surface area contributed by atoms with Crippen molar-refractivity contribution in [2.24, 2.45) is 4.99 Å². The normalized spacial score (nSPS) is 15.4. The number of hydrogen-bond donors (Lipinski definition) is 0. The number of nitro benzene ring substituents is 1. The van der Waals surface area contributed by atoms with E-state index < -0.39 is 16.7 Å². The Bertz CT molecular complexity index is 874. The summed E-state index contributed by atoms with van der Waals surface area (Å²) in [6.07, 6.45) is 1.27. The molecule has 1 heterocycles. The van der Waals surface area contributed by atoms with Crippen LogP contribution >= 0.6 is 0 Å². The van der Waals surface area contributed by atoms with Crippen molar-refractivity contribution < 1.29 is 18.8 Å². The van der Waals surface area contributed by atoms with Crippen molar-refractivity contribution in [2.75, 3.05) is 0 Å². The SMILES string of the molecule is O=C1OC(c2cccc([N+](=O)[O-])c2)=N/C1=C\c1ccccc1F. The van der Waals surface area contributed by atoms with Crippen LogP contribution in [0.5, 0.6) is 0 Å². The molecular formula is C16H9FN2O4. The third-order valence-electron chi connectivity index (χ3n) is 3.12. The van der Waals surface area contributed by atoms with Gasteiger partial charge < -0.3 is 4.74 Å². The van der Waals surface area contributed by atoms with Crippen molar-refractivity contribution in [1.82, 2.24) is 0 Å². The molecule has 0 aliphatic carbocycles. The third-order valence-corrected chi connectivity index (χ3v) is 3.12. The van der Waals surface area contributed by atoms with Crippen molar-refractivity contribution in [3.63, 3.8) is 0 Å². The van der Waals surface area contributed by atoms with Crippen LogP contribution < -0.4 is 0 Å². The summed E-state index contributed by atoms with van der Waals surface area (Å²) in [6.45, 7) is 0. The van der Waals surface area contributed by atoms with E-state index >= 15 is 0 Å². The largest absolute Gasteiger partial charge is 0.402 e. The van der Waals surface area contributed by atoms with Gasteiger partial charge in [-0.05, 0) is 18.2 Å². The number of esters is 1. The predicted molar refractivity (Wildman–Crippen MR) is 80.1 cm³/mol. The number of non-ortho nitro benzene ring substituents is 1. The summed E-state index contributed by atoms with van der Waals surface area (Å²) < 4.78 is 18.6. The van der Waals surface area contributed by atoms with E-state index in [0.29, 0.717) is 5.56 Å². The lowest BCUT2D eigenvalue weighted by molar-refractivity contribution is -0.384. The Morgan fingerprint density at radius 1 is 1.17 bits per heavy atom. The maximum atomic E-state index is 13.6. The van der Waals surface area contributed by atoms with E-state index in [1.165, 1.54) is 48.5 Å². The number of rotatable bonds is 3. The highest BCUT2D eigenvalue weighted by Crippen LogP contribution is 2.22. The monoisotopic (exact) mass is 312 g/mol. The first kappa shape index (κ1) is 14.6. The first-order chi connectivity index (χ1) is 11.0. The molecule has 0 aromatic heterocycles. The van der Waals surface area contributed by atoms with Gasteiger partial charge in [-0.2, -0.15) is 0 Å². The summed E-state index contributed by atoms with van der Waals surface area (Å²) in [5.74, 6) is -1.29. The average molecular weight is 312 g/mol. The third kappa shape index (κ3) is 2.98. The van der Waals surface area contributed by atoms with Crippen LogP contribution in [0.4, 0.5) is 10.1 Å². The number of carbonyl (C=O) groups excluding carboxylic acids is 1. The minimum Gasteiger partial charge on any atom is -0.402 e. The topological polar surface area (TPSA) is 81.8 Å². The standard InChI is InChI=1S/C16H9FN2O4/c17-13-7-2-1-4-10(13)9-14-16(20)23-15(18-14)11-5-3-6-12(8-11)19(21)22/h1-9H/b14-9-. The number of aliphatic imine (C=N–C) groups is 1. The van der Waals surface area contributed by atoms with Gasteiger partial charge in [-0.15, -0.1) is 0 Å². The Morgan fingerprint density at radius 2 is 1.96 bits per heavy atom. The summed E-state index contributed by atoms with van der Waals surface area (Å²) in [6, 6.07) is 11.5. The first-order valence-electron chi connectivity index (χ1n) is 6.56. The molecule has 0 saturated carbocycles. The van der Waals surface area contributed by atoms with Crippen molar-refractivity contribution in [3.05, 3.63) is 81.3 Å². The number of halogens is 1. The molecule has 0 saturated heterocycles. The van der Waals surface area contributed by atoms with E-state index in [0.717, 1.165) is 0 Å². The highest BCUT2D eigenvalue weighted by molar-refractivity contribution is 6.13. The zero-order chi connectivity index (χ0) is 16.4. The second-order valence-corrected chi connectivity index (χ2v) is 4.67. The second kappa shape index (κ2) is 5.80. The maximum absolute atomic E-state index is 13.6. The van der Waals surface area contributed by atoms with Crippen LogP contribution in [-0.2, 0) is 9.53 Å². The summed E-state index contributed by atoms with van der Waals surface area (Å²) >= 11 is 0. The summed E-state index contributed by atoms with van der Waals surface area (Å²) in [5.41, 5.74) is 0.275. The Morgan fingerprint density at radius 3 is 2.70 bits per heavy atom. The molecule has 0 spiro atoms. The van der Waals surface area contributed by atoms with Crippen LogP contribution in [0.15, 0.2) is 59.2 Å². The van der Waals surface area contributed by atoms with Crippen LogP contribution in [0.25, 0.3) is 6.08 Å². The molecule has 7 heteroatoms.